The van der Waals surface area contributed by atoms with Crippen molar-refractivity contribution < 1.29 is 9.47 Å². The minimum absolute atomic E-state index is 0.501. The van der Waals surface area contributed by atoms with Crippen LogP contribution < -0.4 is 9.47 Å². The highest BCUT2D eigenvalue weighted by molar-refractivity contribution is 9.08. The van der Waals surface area contributed by atoms with Crippen LogP contribution in [0, 0.1) is 0 Å². The minimum Gasteiger partial charge on any atom is -0.493 e. The second kappa shape index (κ2) is 6.45. The Balaban J connectivity index is 2.20. The van der Waals surface area contributed by atoms with Gasteiger partial charge >= 0.3 is 0 Å². The van der Waals surface area contributed by atoms with Gasteiger partial charge in [-0.2, -0.15) is 0 Å². The molecule has 1 heterocycles. The van der Waals surface area contributed by atoms with Crippen molar-refractivity contribution in [2.45, 2.75) is 11.9 Å². The third-order valence-corrected chi connectivity index (χ3v) is 4.16. The molecular weight excluding hydrogens is 336 g/mol. The Morgan fingerprint density at radius 3 is 2.83 bits per heavy atom. The Labute approximate surface area is 124 Å². The largest absolute Gasteiger partial charge is 0.493 e. The van der Waals surface area contributed by atoms with Crippen LogP contribution in [0.1, 0.15) is 10.4 Å². The quantitative estimate of drug-likeness (QED) is 0.717. The molecule has 0 aliphatic carbocycles. The lowest BCUT2D eigenvalue weighted by molar-refractivity contribution is 0.287. The second-order valence-electron chi connectivity index (χ2n) is 3.61. The highest BCUT2D eigenvalue weighted by Gasteiger charge is 2.12. The number of ether oxygens (including phenoxy) is 2. The van der Waals surface area contributed by atoms with Crippen LogP contribution in [0.3, 0.4) is 0 Å². The summed E-state index contributed by atoms with van der Waals surface area (Å²) in [6.07, 6.45) is 0. The molecule has 1 aromatic heterocycles. The molecule has 96 valence electrons. The van der Waals surface area contributed by atoms with Gasteiger partial charge in [0.25, 0.3) is 0 Å². The molecule has 5 heteroatoms. The van der Waals surface area contributed by atoms with Crippen LogP contribution in [-0.2, 0) is 11.9 Å². The van der Waals surface area contributed by atoms with Gasteiger partial charge in [0, 0.05) is 10.2 Å². The van der Waals surface area contributed by atoms with E-state index >= 15 is 0 Å². The minimum atomic E-state index is 0.501. The van der Waals surface area contributed by atoms with E-state index in [-0.39, 0.29) is 0 Å². The van der Waals surface area contributed by atoms with Crippen LogP contribution in [-0.4, -0.2) is 7.11 Å². The van der Waals surface area contributed by atoms with E-state index in [1.165, 1.54) is 0 Å². The molecule has 1 aromatic carbocycles. The fourth-order valence-corrected chi connectivity index (χ4v) is 2.76. The summed E-state index contributed by atoms with van der Waals surface area (Å²) in [5.41, 5.74) is 1.06. The molecule has 18 heavy (non-hydrogen) atoms. The van der Waals surface area contributed by atoms with Crippen molar-refractivity contribution in [2.75, 3.05) is 7.11 Å². The summed E-state index contributed by atoms with van der Waals surface area (Å²) in [7, 11) is 1.61. The molecule has 0 fully saturated rings. The van der Waals surface area contributed by atoms with Gasteiger partial charge in [0.15, 0.2) is 11.5 Å². The van der Waals surface area contributed by atoms with Crippen LogP contribution in [0.4, 0.5) is 0 Å². The first-order valence-electron chi connectivity index (χ1n) is 5.32. The number of hydrogen-bond acceptors (Lipinski definition) is 3. The Hall–Kier alpha value is -0.710. The monoisotopic (exact) mass is 346 g/mol. The summed E-state index contributed by atoms with van der Waals surface area (Å²) in [5.74, 6) is 1.26. The van der Waals surface area contributed by atoms with Gasteiger partial charge in [-0.1, -0.05) is 33.6 Å². The summed E-state index contributed by atoms with van der Waals surface area (Å²) in [5, 5.41) is 3.32. The molecule has 0 saturated heterocycles. The predicted molar refractivity (Wildman–Crippen MR) is 79.3 cm³/mol. The number of rotatable bonds is 5. The van der Waals surface area contributed by atoms with E-state index in [0.717, 1.165) is 15.8 Å². The normalized spacial score (nSPS) is 10.4. The third-order valence-electron chi connectivity index (χ3n) is 2.38. The predicted octanol–water partition coefficient (Wildman–Crippen LogP) is 4.88. The van der Waals surface area contributed by atoms with Gasteiger partial charge in [-0.15, -0.1) is 11.3 Å². The zero-order valence-electron chi connectivity index (χ0n) is 9.78. The number of hydrogen-bond donors (Lipinski definition) is 0. The Morgan fingerprint density at radius 1 is 1.39 bits per heavy atom. The van der Waals surface area contributed by atoms with Crippen LogP contribution in [0.2, 0.25) is 5.02 Å². The van der Waals surface area contributed by atoms with Crippen molar-refractivity contribution in [3.63, 3.8) is 0 Å². The highest BCUT2D eigenvalue weighted by atomic mass is 79.9. The number of thiophene rings is 1. The summed E-state index contributed by atoms with van der Waals surface area (Å²) in [6.45, 7) is 0.501. The maximum absolute atomic E-state index is 6.21. The zero-order valence-corrected chi connectivity index (χ0v) is 12.9. The van der Waals surface area contributed by atoms with Crippen molar-refractivity contribution in [1.29, 1.82) is 0 Å². The van der Waals surface area contributed by atoms with E-state index in [9.17, 15) is 0 Å². The molecule has 0 amide bonds. The van der Waals surface area contributed by atoms with Crippen molar-refractivity contribution in [2.24, 2.45) is 0 Å². The first-order valence-corrected chi connectivity index (χ1v) is 7.70. The first-order chi connectivity index (χ1) is 8.74. The van der Waals surface area contributed by atoms with Gasteiger partial charge in [-0.25, -0.2) is 0 Å². The zero-order chi connectivity index (χ0) is 13.0. The molecular formula is C13H12BrClO2S. The molecule has 2 rings (SSSR count). The molecule has 0 N–H and O–H groups in total. The third kappa shape index (κ3) is 3.19. The van der Waals surface area contributed by atoms with Crippen LogP contribution in [0.5, 0.6) is 11.5 Å². The Morgan fingerprint density at radius 2 is 2.22 bits per heavy atom. The fourth-order valence-electron chi connectivity index (χ4n) is 1.53. The molecule has 0 spiro atoms. The number of alkyl halides is 1. The van der Waals surface area contributed by atoms with Crippen molar-refractivity contribution >= 4 is 38.9 Å². The molecule has 0 saturated carbocycles. The van der Waals surface area contributed by atoms with Gasteiger partial charge in [0.05, 0.1) is 12.1 Å². The SMILES string of the molecule is COc1cc(CBr)cc(Cl)c1OCc1cccs1. The lowest BCUT2D eigenvalue weighted by Gasteiger charge is -2.13. The number of methoxy groups -OCH3 is 1. The summed E-state index contributed by atoms with van der Waals surface area (Å²) >= 11 is 11.3. The fraction of sp³-hybridized carbons (Fsp3) is 0.231. The number of benzene rings is 1. The summed E-state index contributed by atoms with van der Waals surface area (Å²) in [4.78, 5) is 1.15. The van der Waals surface area contributed by atoms with Crippen LogP contribution in [0.25, 0.3) is 0 Å². The topological polar surface area (TPSA) is 18.5 Å². The smallest absolute Gasteiger partial charge is 0.180 e. The van der Waals surface area contributed by atoms with E-state index in [1.807, 2.05) is 29.6 Å². The van der Waals surface area contributed by atoms with E-state index in [0.29, 0.717) is 23.1 Å². The molecule has 0 radical (unpaired) electrons. The van der Waals surface area contributed by atoms with Gasteiger partial charge in [0.2, 0.25) is 0 Å². The summed E-state index contributed by atoms with van der Waals surface area (Å²) in [6, 6.07) is 7.82. The standard InChI is InChI=1S/C13H12BrClO2S/c1-16-12-6-9(7-14)5-11(15)13(12)17-8-10-3-2-4-18-10/h2-6H,7-8H2,1H3. The maximum Gasteiger partial charge on any atom is 0.180 e. The van der Waals surface area contributed by atoms with E-state index < -0.39 is 0 Å². The second-order valence-corrected chi connectivity index (χ2v) is 5.61. The number of halogens is 2. The molecule has 0 bridgehead atoms. The molecule has 2 aromatic rings. The first kappa shape index (κ1) is 13.7. The van der Waals surface area contributed by atoms with Gasteiger partial charge in [-0.05, 0) is 29.1 Å². The van der Waals surface area contributed by atoms with Crippen molar-refractivity contribution in [1.82, 2.24) is 0 Å². The lowest BCUT2D eigenvalue weighted by atomic mass is 10.2. The Bertz CT molecular complexity index is 514. The Kier molecular flexibility index (Phi) is 4.92. The molecule has 0 unspecified atom stereocenters. The van der Waals surface area contributed by atoms with Gasteiger partial charge in [0.1, 0.15) is 6.61 Å². The maximum atomic E-state index is 6.21. The van der Waals surface area contributed by atoms with Gasteiger partial charge < -0.3 is 9.47 Å². The van der Waals surface area contributed by atoms with Crippen molar-refractivity contribution in [3.8, 4) is 11.5 Å². The summed E-state index contributed by atoms with van der Waals surface area (Å²) < 4.78 is 11.1. The van der Waals surface area contributed by atoms with Crippen LogP contribution in [0.15, 0.2) is 29.6 Å². The lowest BCUT2D eigenvalue weighted by Crippen LogP contribution is -1.97. The van der Waals surface area contributed by atoms with E-state index in [1.54, 1.807) is 18.4 Å². The average molecular weight is 348 g/mol. The molecule has 0 aliphatic heterocycles. The molecule has 2 nitrogen and oxygen atoms in total. The van der Waals surface area contributed by atoms with Gasteiger partial charge in [-0.3, -0.25) is 0 Å². The van der Waals surface area contributed by atoms with E-state index in [4.69, 9.17) is 21.1 Å². The van der Waals surface area contributed by atoms with E-state index in [2.05, 4.69) is 15.9 Å². The van der Waals surface area contributed by atoms with Crippen molar-refractivity contribution in [3.05, 3.63) is 45.1 Å². The average Bonchev–Trinajstić information content (AvgIpc) is 2.89. The molecule has 0 atom stereocenters. The molecule has 0 aliphatic rings. The van der Waals surface area contributed by atoms with Crippen LogP contribution >= 0.6 is 38.9 Å². The highest BCUT2D eigenvalue weighted by Crippen LogP contribution is 2.37.